The highest BCUT2D eigenvalue weighted by atomic mass is 15.2. The largest absolute Gasteiger partial charge is 0.331 e. The van der Waals surface area contributed by atoms with Gasteiger partial charge in [-0.05, 0) is 46.0 Å². The van der Waals surface area contributed by atoms with Crippen LogP contribution >= 0.6 is 0 Å². The molecule has 2 heterocycles. The summed E-state index contributed by atoms with van der Waals surface area (Å²) in [5.41, 5.74) is 5.27. The molecular formula is C37H21N5. The summed E-state index contributed by atoms with van der Waals surface area (Å²) >= 11 is 0. The summed E-state index contributed by atoms with van der Waals surface area (Å²) < 4.78 is 0. The fourth-order valence-corrected chi connectivity index (χ4v) is 6.88. The van der Waals surface area contributed by atoms with Crippen LogP contribution in [0.4, 0.5) is 5.69 Å². The van der Waals surface area contributed by atoms with E-state index in [0.717, 1.165) is 38.7 Å². The van der Waals surface area contributed by atoms with Gasteiger partial charge in [0.05, 0.1) is 34.0 Å². The van der Waals surface area contributed by atoms with E-state index < -0.39 is 5.41 Å². The van der Waals surface area contributed by atoms with E-state index in [-0.39, 0.29) is 28.3 Å². The zero-order valence-electron chi connectivity index (χ0n) is 22.6. The SMILES string of the molecule is CC1(c2ccccc2)C=C(c2ccccc2)N2c3c(C#N)c(C#N)c(C#N)c(C#N)c3-c3c(ccc4ccccc34)C21. The Hall–Kier alpha value is -6.14. The first-order chi connectivity index (χ1) is 20.6. The third kappa shape index (κ3) is 3.20. The van der Waals surface area contributed by atoms with Gasteiger partial charge in [0.1, 0.15) is 24.3 Å². The van der Waals surface area contributed by atoms with E-state index in [1.54, 1.807) is 0 Å². The summed E-state index contributed by atoms with van der Waals surface area (Å²) in [5, 5.41) is 43.6. The standard InChI is InChI=1S/C37H21N5/c1-37(25-13-6-3-7-14-25)18-32(24-11-4-2-5-12-24)42-35-31(22-41)29(20-39)28(19-38)30(21-40)34(35)33-26-15-9-8-10-23(26)16-17-27(33)36(37)42/h2-18,36H,1H3. The van der Waals surface area contributed by atoms with Gasteiger partial charge in [-0.3, -0.25) is 0 Å². The van der Waals surface area contributed by atoms with E-state index in [4.69, 9.17) is 0 Å². The van der Waals surface area contributed by atoms with Crippen LogP contribution in [0.1, 0.15) is 51.9 Å². The molecule has 2 atom stereocenters. The van der Waals surface area contributed by atoms with Crippen molar-refractivity contribution in [2.45, 2.75) is 18.4 Å². The molecule has 0 amide bonds. The Kier molecular flexibility index (Phi) is 5.46. The van der Waals surface area contributed by atoms with Crippen LogP contribution in [0.3, 0.4) is 0 Å². The maximum absolute atomic E-state index is 10.6. The molecule has 0 radical (unpaired) electrons. The topological polar surface area (TPSA) is 98.4 Å². The Labute approximate surface area is 243 Å². The highest BCUT2D eigenvalue weighted by Crippen LogP contribution is 2.62. The minimum atomic E-state index is -0.554. The smallest absolute Gasteiger partial charge is 0.103 e. The highest BCUT2D eigenvalue weighted by Gasteiger charge is 2.52. The van der Waals surface area contributed by atoms with Gasteiger partial charge in [-0.2, -0.15) is 21.0 Å². The Bertz CT molecular complexity index is 2150. The van der Waals surface area contributed by atoms with Crippen molar-refractivity contribution < 1.29 is 0 Å². The molecule has 0 saturated carbocycles. The molecule has 5 heteroatoms. The van der Waals surface area contributed by atoms with Gasteiger partial charge in [0.25, 0.3) is 0 Å². The number of fused-ring (bicyclic) bond motifs is 8. The number of benzene rings is 5. The second kappa shape index (κ2) is 9.21. The van der Waals surface area contributed by atoms with Crippen LogP contribution in [-0.4, -0.2) is 0 Å². The predicted molar refractivity (Wildman–Crippen MR) is 162 cm³/mol. The van der Waals surface area contributed by atoms with Gasteiger partial charge in [-0.1, -0.05) is 97.1 Å². The zero-order chi connectivity index (χ0) is 29.0. The molecule has 5 nitrogen and oxygen atoms in total. The van der Waals surface area contributed by atoms with E-state index in [1.807, 2.05) is 72.8 Å². The minimum absolute atomic E-state index is 0.0668. The molecule has 0 N–H and O–H groups in total. The van der Waals surface area contributed by atoms with Crippen LogP contribution in [0.15, 0.2) is 103 Å². The number of nitrogens with zero attached hydrogens (tertiary/aromatic N) is 5. The third-order valence-corrected chi connectivity index (χ3v) is 8.66. The van der Waals surface area contributed by atoms with Crippen molar-refractivity contribution in [3.63, 3.8) is 0 Å². The quantitative estimate of drug-likeness (QED) is 0.229. The first-order valence-corrected chi connectivity index (χ1v) is 13.6. The lowest BCUT2D eigenvalue weighted by atomic mass is 9.70. The molecule has 0 saturated heterocycles. The summed E-state index contributed by atoms with van der Waals surface area (Å²) in [6.07, 6.45) is 2.24. The van der Waals surface area contributed by atoms with Gasteiger partial charge < -0.3 is 4.90 Å². The summed E-state index contributed by atoms with van der Waals surface area (Å²) in [4.78, 5) is 2.14. The monoisotopic (exact) mass is 535 g/mol. The van der Waals surface area contributed by atoms with Crippen molar-refractivity contribution in [2.75, 3.05) is 4.90 Å². The highest BCUT2D eigenvalue weighted by molar-refractivity contribution is 6.10. The first-order valence-electron chi connectivity index (χ1n) is 13.6. The van der Waals surface area contributed by atoms with Crippen molar-refractivity contribution in [3.8, 4) is 35.4 Å². The lowest BCUT2D eigenvalue weighted by Crippen LogP contribution is -2.38. The molecule has 0 bridgehead atoms. The Morgan fingerprint density at radius 3 is 1.88 bits per heavy atom. The lowest BCUT2D eigenvalue weighted by molar-refractivity contribution is 0.492. The zero-order valence-corrected chi connectivity index (χ0v) is 22.6. The van der Waals surface area contributed by atoms with E-state index in [1.165, 1.54) is 0 Å². The summed E-state index contributed by atoms with van der Waals surface area (Å²) in [6, 6.07) is 40.8. The third-order valence-electron chi connectivity index (χ3n) is 8.66. The van der Waals surface area contributed by atoms with Crippen LogP contribution in [0.2, 0.25) is 0 Å². The summed E-state index contributed by atoms with van der Waals surface area (Å²) in [5.74, 6) is 0. The van der Waals surface area contributed by atoms with Crippen LogP contribution in [0.25, 0.3) is 27.6 Å². The van der Waals surface area contributed by atoms with Crippen molar-refractivity contribution in [2.24, 2.45) is 0 Å². The molecular weight excluding hydrogens is 514 g/mol. The number of rotatable bonds is 2. The van der Waals surface area contributed by atoms with E-state index in [9.17, 15) is 21.0 Å². The van der Waals surface area contributed by atoms with E-state index in [2.05, 4.69) is 66.4 Å². The van der Waals surface area contributed by atoms with Crippen molar-refractivity contribution in [1.82, 2.24) is 0 Å². The summed E-state index contributed by atoms with van der Waals surface area (Å²) in [6.45, 7) is 2.20. The molecule has 2 unspecified atom stereocenters. The molecule has 0 aliphatic carbocycles. The van der Waals surface area contributed by atoms with Gasteiger partial charge in [-0.25, -0.2) is 0 Å². The molecule has 42 heavy (non-hydrogen) atoms. The normalized spacial score (nSPS) is 18.0. The van der Waals surface area contributed by atoms with Crippen LogP contribution < -0.4 is 4.90 Å². The molecule has 0 fully saturated rings. The fourth-order valence-electron chi connectivity index (χ4n) is 6.88. The molecule has 0 spiro atoms. The fraction of sp³-hybridized carbons (Fsp3) is 0.0811. The molecule has 2 aliphatic rings. The van der Waals surface area contributed by atoms with Crippen molar-refractivity contribution in [1.29, 1.82) is 21.0 Å². The summed E-state index contributed by atoms with van der Waals surface area (Å²) in [7, 11) is 0. The number of nitriles is 4. The van der Waals surface area contributed by atoms with Gasteiger partial charge in [0, 0.05) is 16.7 Å². The number of anilines is 1. The average molecular weight is 536 g/mol. The minimum Gasteiger partial charge on any atom is -0.331 e. The molecule has 2 aliphatic heterocycles. The molecule has 7 rings (SSSR count). The predicted octanol–water partition coefficient (Wildman–Crippen LogP) is 7.87. The van der Waals surface area contributed by atoms with E-state index >= 15 is 0 Å². The second-order valence-electron chi connectivity index (χ2n) is 10.7. The second-order valence-corrected chi connectivity index (χ2v) is 10.7. The van der Waals surface area contributed by atoms with Gasteiger partial charge in [-0.15, -0.1) is 0 Å². The maximum Gasteiger partial charge on any atom is 0.103 e. The molecule has 5 aromatic carbocycles. The number of hydrogen-bond donors (Lipinski definition) is 0. The van der Waals surface area contributed by atoms with Crippen molar-refractivity contribution in [3.05, 3.63) is 142 Å². The molecule has 194 valence electrons. The Morgan fingerprint density at radius 2 is 1.21 bits per heavy atom. The van der Waals surface area contributed by atoms with Crippen LogP contribution in [0, 0.1) is 45.3 Å². The number of hydrogen-bond acceptors (Lipinski definition) is 5. The van der Waals surface area contributed by atoms with Crippen LogP contribution in [-0.2, 0) is 5.41 Å². The van der Waals surface area contributed by atoms with Gasteiger partial charge in [0.2, 0.25) is 0 Å². The average Bonchev–Trinajstić information content (AvgIpc) is 3.38. The Balaban J connectivity index is 1.73. The van der Waals surface area contributed by atoms with Crippen LogP contribution in [0.5, 0.6) is 0 Å². The first kappa shape index (κ1) is 24.9. The van der Waals surface area contributed by atoms with Crippen molar-refractivity contribution >= 4 is 22.2 Å². The van der Waals surface area contributed by atoms with E-state index in [0.29, 0.717) is 11.3 Å². The van der Waals surface area contributed by atoms with Gasteiger partial charge >= 0.3 is 0 Å². The Morgan fingerprint density at radius 1 is 0.619 bits per heavy atom. The maximum atomic E-state index is 10.6. The molecule has 0 aromatic heterocycles. The van der Waals surface area contributed by atoms with Gasteiger partial charge in [0.15, 0.2) is 0 Å². The molecule has 5 aromatic rings. The lowest BCUT2D eigenvalue weighted by Gasteiger charge is -2.44.